The van der Waals surface area contributed by atoms with Crippen LogP contribution in [0.4, 0.5) is 14.9 Å². The summed E-state index contributed by atoms with van der Waals surface area (Å²) in [6, 6.07) is 10.7. The molecule has 9 nitrogen and oxygen atoms in total. The number of carbonyl (C=O) groups excluding carboxylic acids is 4. The Hall–Kier alpha value is -3.48. The van der Waals surface area contributed by atoms with Crippen LogP contribution >= 0.6 is 27.7 Å². The van der Waals surface area contributed by atoms with Gasteiger partial charge in [-0.05, 0) is 60.3 Å². The number of nitrogens with zero attached hydrogens (tertiary/aromatic N) is 2. The number of anilines is 1. The van der Waals surface area contributed by atoms with Crippen molar-refractivity contribution in [1.82, 2.24) is 14.8 Å². The monoisotopic (exact) mass is 588 g/mol. The van der Waals surface area contributed by atoms with Gasteiger partial charge in [-0.25, -0.2) is 4.39 Å². The summed E-state index contributed by atoms with van der Waals surface area (Å²) in [4.78, 5) is 51.3. The summed E-state index contributed by atoms with van der Waals surface area (Å²) in [5.74, 6) is -1.84. The van der Waals surface area contributed by atoms with Crippen LogP contribution in [0.15, 0.2) is 58.0 Å². The van der Waals surface area contributed by atoms with Crippen molar-refractivity contribution < 1.29 is 28.3 Å². The maximum Gasteiger partial charge on any atom is 0.294 e. The molecule has 1 fully saturated rings. The molecule has 2 heterocycles. The van der Waals surface area contributed by atoms with Crippen molar-refractivity contribution in [3.05, 3.63) is 69.4 Å². The van der Waals surface area contributed by atoms with Gasteiger partial charge in [0.1, 0.15) is 18.9 Å². The smallest absolute Gasteiger partial charge is 0.294 e. The number of aromatic nitrogens is 1. The lowest BCUT2D eigenvalue weighted by atomic mass is 10.1. The van der Waals surface area contributed by atoms with Gasteiger partial charge in [0, 0.05) is 46.5 Å². The van der Waals surface area contributed by atoms with Crippen LogP contribution in [-0.2, 0) is 25.7 Å². The van der Waals surface area contributed by atoms with Crippen molar-refractivity contribution in [2.45, 2.75) is 6.54 Å². The third kappa shape index (κ3) is 6.45. The Morgan fingerprint density at radius 3 is 2.59 bits per heavy atom. The fourth-order valence-electron chi connectivity index (χ4n) is 3.70. The Labute approximate surface area is 224 Å². The third-order valence-electron chi connectivity index (χ3n) is 5.41. The molecule has 0 bridgehead atoms. The molecule has 1 aromatic heterocycles. The Morgan fingerprint density at radius 1 is 1.11 bits per heavy atom. The fraction of sp³-hybridized carbons (Fsp3) is 0.200. The van der Waals surface area contributed by atoms with Gasteiger partial charge in [0.25, 0.3) is 11.1 Å². The predicted molar refractivity (Wildman–Crippen MR) is 142 cm³/mol. The molecule has 0 saturated carbocycles. The highest BCUT2D eigenvalue weighted by atomic mass is 79.9. The van der Waals surface area contributed by atoms with Crippen molar-refractivity contribution in [2.24, 2.45) is 0 Å². The summed E-state index contributed by atoms with van der Waals surface area (Å²) >= 11 is 4.18. The van der Waals surface area contributed by atoms with Gasteiger partial charge in [-0.3, -0.25) is 24.1 Å². The molecule has 1 aliphatic heterocycles. The van der Waals surface area contributed by atoms with Crippen LogP contribution in [0.25, 0.3) is 17.0 Å². The van der Waals surface area contributed by atoms with Crippen molar-refractivity contribution in [3.8, 4) is 0 Å². The van der Waals surface area contributed by atoms with E-state index in [9.17, 15) is 23.6 Å². The normalized spacial score (nSPS) is 14.6. The van der Waals surface area contributed by atoms with E-state index in [2.05, 4.69) is 26.6 Å². The first-order valence-corrected chi connectivity index (χ1v) is 12.7. The number of hydrogen-bond acceptors (Lipinski definition) is 6. The first kappa shape index (κ1) is 26.6. The largest absolute Gasteiger partial charge is 0.383 e. The summed E-state index contributed by atoms with van der Waals surface area (Å²) in [6.07, 6.45) is 3.32. The lowest BCUT2D eigenvalue weighted by Gasteiger charge is -2.12. The molecule has 4 amide bonds. The van der Waals surface area contributed by atoms with Gasteiger partial charge in [-0.15, -0.1) is 0 Å². The number of imide groups is 1. The van der Waals surface area contributed by atoms with Crippen molar-refractivity contribution in [3.63, 3.8) is 0 Å². The number of thioether (sulfide) groups is 1. The zero-order chi connectivity index (χ0) is 26.5. The highest BCUT2D eigenvalue weighted by Gasteiger charge is 2.36. The number of methoxy groups -OCH3 is 1. The lowest BCUT2D eigenvalue weighted by Crippen LogP contribution is -2.36. The minimum atomic E-state index is -0.600. The molecule has 3 aromatic rings. The second-order valence-corrected chi connectivity index (χ2v) is 9.95. The molecule has 4 rings (SSSR count). The zero-order valence-corrected chi connectivity index (χ0v) is 22.0. The first-order valence-electron chi connectivity index (χ1n) is 11.1. The minimum Gasteiger partial charge on any atom is -0.383 e. The maximum atomic E-state index is 13.1. The van der Waals surface area contributed by atoms with Crippen molar-refractivity contribution >= 4 is 73.3 Å². The number of ether oxygens (including phenoxy) is 1. The van der Waals surface area contributed by atoms with Gasteiger partial charge >= 0.3 is 0 Å². The molecule has 1 aliphatic rings. The van der Waals surface area contributed by atoms with Crippen LogP contribution in [0.3, 0.4) is 0 Å². The Kier molecular flexibility index (Phi) is 8.41. The summed E-state index contributed by atoms with van der Waals surface area (Å²) in [5, 5.41) is 5.51. The topological polar surface area (TPSA) is 110 Å². The third-order valence-corrected chi connectivity index (χ3v) is 6.81. The minimum absolute atomic E-state index is 0.0563. The van der Waals surface area contributed by atoms with E-state index in [0.29, 0.717) is 24.4 Å². The number of nitrogens with one attached hydrogen (secondary N) is 2. The Morgan fingerprint density at radius 2 is 1.86 bits per heavy atom. The molecular formula is C25H22BrFN4O5S. The summed E-state index contributed by atoms with van der Waals surface area (Å²) in [6.45, 7) is 0.359. The van der Waals surface area contributed by atoms with Crippen LogP contribution in [0, 0.1) is 5.82 Å². The summed E-state index contributed by atoms with van der Waals surface area (Å²) in [7, 11) is 1.55. The molecule has 2 N–H and O–H groups in total. The molecule has 0 atom stereocenters. The number of hydrogen-bond donors (Lipinski definition) is 2. The number of halogens is 2. The molecule has 1 saturated heterocycles. The van der Waals surface area contributed by atoms with Crippen LogP contribution < -0.4 is 10.6 Å². The van der Waals surface area contributed by atoms with Gasteiger partial charge in [0.05, 0.1) is 11.5 Å². The van der Waals surface area contributed by atoms with Crippen molar-refractivity contribution in [2.75, 3.05) is 32.1 Å². The van der Waals surface area contributed by atoms with Gasteiger partial charge < -0.3 is 19.9 Å². The van der Waals surface area contributed by atoms with Gasteiger partial charge in [-0.2, -0.15) is 0 Å². The summed E-state index contributed by atoms with van der Waals surface area (Å²) < 4.78 is 20.6. The number of amides is 4. The molecule has 0 radical (unpaired) electrons. The van der Waals surface area contributed by atoms with Crippen LogP contribution in [0.2, 0.25) is 0 Å². The van der Waals surface area contributed by atoms with E-state index in [1.807, 2.05) is 18.2 Å². The number of fused-ring (bicyclic) bond motifs is 1. The Balaban J connectivity index is 1.53. The van der Waals surface area contributed by atoms with Gasteiger partial charge in [0.15, 0.2) is 0 Å². The fourth-order valence-corrected chi connectivity index (χ4v) is 4.89. The molecular weight excluding hydrogens is 567 g/mol. The SMILES string of the molecule is COCCNC(=O)Cn1cc(/C=C2\SC(=O)N(CC(=O)Nc3ccc(F)cc3)C2=O)c2cc(Br)ccc21. The molecule has 12 heteroatoms. The highest BCUT2D eigenvalue weighted by Crippen LogP contribution is 2.34. The average molecular weight is 589 g/mol. The van der Waals surface area contributed by atoms with Gasteiger partial charge in [0.2, 0.25) is 11.8 Å². The maximum absolute atomic E-state index is 13.1. The summed E-state index contributed by atoms with van der Waals surface area (Å²) in [5.41, 5.74) is 1.76. The standard InChI is InChI=1S/C25H22BrFN4O5S/c1-36-9-8-28-22(32)13-30-12-15(19-11-16(26)2-7-20(19)30)10-21-24(34)31(25(35)37-21)14-23(33)29-18-5-3-17(27)4-6-18/h2-7,10-12H,8-9,13-14H2,1H3,(H,28,32)(H,29,33)/b21-10-. The predicted octanol–water partition coefficient (Wildman–Crippen LogP) is 3.98. The van der Waals surface area contributed by atoms with E-state index in [0.717, 1.165) is 32.0 Å². The van der Waals surface area contributed by atoms with E-state index in [1.165, 1.54) is 24.3 Å². The van der Waals surface area contributed by atoms with Crippen molar-refractivity contribution in [1.29, 1.82) is 0 Å². The van der Waals surface area contributed by atoms with Gasteiger partial charge in [-0.1, -0.05) is 15.9 Å². The Bertz CT molecular complexity index is 1410. The van der Waals surface area contributed by atoms with Crippen LogP contribution in [-0.4, -0.2) is 59.2 Å². The second kappa shape index (κ2) is 11.7. The zero-order valence-electron chi connectivity index (χ0n) is 19.6. The van der Waals surface area contributed by atoms with E-state index in [1.54, 1.807) is 23.9 Å². The van der Waals surface area contributed by atoms with E-state index in [-0.39, 0.29) is 17.4 Å². The molecule has 0 unspecified atom stereocenters. The first-order chi connectivity index (χ1) is 17.7. The van der Waals surface area contributed by atoms with E-state index in [4.69, 9.17) is 4.74 Å². The number of benzene rings is 2. The number of carbonyl (C=O) groups is 4. The quantitative estimate of drug-likeness (QED) is 0.289. The van der Waals surface area contributed by atoms with E-state index >= 15 is 0 Å². The second-order valence-electron chi connectivity index (χ2n) is 8.04. The lowest BCUT2D eigenvalue weighted by molar-refractivity contribution is -0.127. The molecule has 2 aromatic carbocycles. The molecule has 37 heavy (non-hydrogen) atoms. The highest BCUT2D eigenvalue weighted by molar-refractivity contribution is 9.10. The van der Waals surface area contributed by atoms with Crippen LogP contribution in [0.1, 0.15) is 5.56 Å². The molecule has 0 spiro atoms. The molecule has 192 valence electrons. The molecule has 0 aliphatic carbocycles. The number of rotatable bonds is 9. The van der Waals surface area contributed by atoms with E-state index < -0.39 is 29.4 Å². The average Bonchev–Trinajstić information content (AvgIpc) is 3.31. The van der Waals surface area contributed by atoms with Crippen LogP contribution in [0.5, 0.6) is 0 Å².